The van der Waals surface area contributed by atoms with E-state index in [0.717, 1.165) is 0 Å². The van der Waals surface area contributed by atoms with Crippen molar-refractivity contribution in [3.05, 3.63) is 22.7 Å². The maximum atomic E-state index is 11.5. The normalized spacial score (nSPS) is 29.1. The van der Waals surface area contributed by atoms with Gasteiger partial charge in [-0.1, -0.05) is 0 Å². The van der Waals surface area contributed by atoms with Crippen LogP contribution in [0.15, 0.2) is 17.1 Å². The number of ether oxygens (including phenoxy) is 1. The molecule has 1 saturated heterocycles. The van der Waals surface area contributed by atoms with Crippen molar-refractivity contribution in [2.75, 3.05) is 25.4 Å². The highest BCUT2D eigenvalue weighted by Crippen LogP contribution is 2.45. The minimum absolute atomic E-state index is 0.0782. The Morgan fingerprint density at radius 2 is 2.47 bits per heavy atom. The molecular formula is C9H14N3O4P. The molecular weight excluding hydrogens is 245 g/mol. The number of hydrogen-bond acceptors (Lipinski definition) is 6. The Morgan fingerprint density at radius 3 is 3.06 bits per heavy atom. The topological polar surface area (TPSA) is 96.4 Å². The molecule has 1 aromatic rings. The molecule has 0 aromatic carbocycles. The van der Waals surface area contributed by atoms with Crippen LogP contribution >= 0.6 is 7.37 Å². The first-order valence-corrected chi connectivity index (χ1v) is 7.38. The first-order chi connectivity index (χ1) is 7.96. The molecule has 7 nitrogen and oxygen atoms in total. The van der Waals surface area contributed by atoms with Crippen LogP contribution in [0.1, 0.15) is 0 Å². The summed E-state index contributed by atoms with van der Waals surface area (Å²) in [5, 5.41) is 0. The minimum Gasteiger partial charge on any atom is -0.383 e. The Bertz CT molecular complexity index is 503. The largest absolute Gasteiger partial charge is 0.383 e. The molecule has 0 spiro atoms. The van der Waals surface area contributed by atoms with E-state index < -0.39 is 13.1 Å². The second-order valence-corrected chi connectivity index (χ2v) is 6.56. The van der Waals surface area contributed by atoms with E-state index in [1.54, 1.807) is 6.20 Å². The zero-order valence-corrected chi connectivity index (χ0v) is 10.3. The minimum atomic E-state index is -2.59. The molecule has 0 bridgehead atoms. The number of nitrogens with zero attached hydrogens (tertiary/aromatic N) is 2. The lowest BCUT2D eigenvalue weighted by atomic mass is 10.3. The van der Waals surface area contributed by atoms with E-state index in [9.17, 15) is 9.36 Å². The maximum Gasteiger partial charge on any atom is 0.349 e. The lowest BCUT2D eigenvalue weighted by molar-refractivity contribution is 0.00381. The predicted octanol–water partition coefficient (Wildman–Crippen LogP) is 0.106. The molecule has 0 saturated carbocycles. The SMILES string of the molecule is CP1(=O)CO[C@@H](Cn2ccc(N)nc2=O)CO1. The smallest absolute Gasteiger partial charge is 0.349 e. The molecule has 2 N–H and O–H groups in total. The summed E-state index contributed by atoms with van der Waals surface area (Å²) >= 11 is 0. The van der Waals surface area contributed by atoms with Crippen molar-refractivity contribution in [2.45, 2.75) is 12.6 Å². The molecule has 2 heterocycles. The maximum absolute atomic E-state index is 11.5. The Morgan fingerprint density at radius 1 is 1.71 bits per heavy atom. The second-order valence-electron chi connectivity index (χ2n) is 4.01. The molecule has 2 rings (SSSR count). The van der Waals surface area contributed by atoms with Crippen LogP contribution in [0.3, 0.4) is 0 Å². The molecule has 1 aliphatic heterocycles. The monoisotopic (exact) mass is 259 g/mol. The van der Waals surface area contributed by atoms with E-state index in [4.69, 9.17) is 15.0 Å². The van der Waals surface area contributed by atoms with Crippen LogP contribution in [0, 0.1) is 0 Å². The van der Waals surface area contributed by atoms with Gasteiger partial charge in [-0.05, 0) is 6.07 Å². The van der Waals surface area contributed by atoms with Gasteiger partial charge in [-0.3, -0.25) is 9.13 Å². The van der Waals surface area contributed by atoms with Crippen molar-refractivity contribution in [1.82, 2.24) is 9.55 Å². The Labute approximate surface area is 98.0 Å². The fourth-order valence-corrected chi connectivity index (χ4v) is 2.51. The number of nitrogens with two attached hydrogens (primary N) is 1. The van der Waals surface area contributed by atoms with Crippen LogP contribution in [0.4, 0.5) is 5.82 Å². The first kappa shape index (κ1) is 12.3. The third-order valence-electron chi connectivity index (χ3n) is 2.37. The van der Waals surface area contributed by atoms with Crippen LogP contribution < -0.4 is 11.4 Å². The van der Waals surface area contributed by atoms with Crippen molar-refractivity contribution >= 4 is 13.2 Å². The molecule has 17 heavy (non-hydrogen) atoms. The fourth-order valence-electron chi connectivity index (χ4n) is 1.47. The molecule has 0 aliphatic carbocycles. The summed E-state index contributed by atoms with van der Waals surface area (Å²) in [6, 6.07) is 1.54. The van der Waals surface area contributed by atoms with Gasteiger partial charge in [-0.25, -0.2) is 4.79 Å². The molecule has 0 amide bonds. The molecule has 1 fully saturated rings. The Balaban J connectivity index is 2.03. The molecule has 0 radical (unpaired) electrons. The van der Waals surface area contributed by atoms with E-state index in [1.165, 1.54) is 17.3 Å². The molecule has 94 valence electrons. The fraction of sp³-hybridized carbons (Fsp3) is 0.556. The number of rotatable bonds is 2. The quantitative estimate of drug-likeness (QED) is 0.757. The first-order valence-electron chi connectivity index (χ1n) is 5.12. The van der Waals surface area contributed by atoms with Gasteiger partial charge >= 0.3 is 5.69 Å². The average molecular weight is 259 g/mol. The van der Waals surface area contributed by atoms with Crippen LogP contribution in [0.2, 0.25) is 0 Å². The van der Waals surface area contributed by atoms with E-state index in [2.05, 4.69) is 4.98 Å². The van der Waals surface area contributed by atoms with E-state index in [0.29, 0.717) is 6.54 Å². The van der Waals surface area contributed by atoms with Crippen molar-refractivity contribution in [3.63, 3.8) is 0 Å². The van der Waals surface area contributed by atoms with Crippen LogP contribution in [-0.2, 0) is 20.4 Å². The van der Waals surface area contributed by atoms with Crippen molar-refractivity contribution in [3.8, 4) is 0 Å². The number of nitrogen functional groups attached to an aromatic ring is 1. The Kier molecular flexibility index (Phi) is 3.33. The van der Waals surface area contributed by atoms with E-state index in [1.807, 2.05) is 0 Å². The summed E-state index contributed by atoms with van der Waals surface area (Å²) in [7, 11) is -2.59. The molecule has 1 aliphatic rings. The summed E-state index contributed by atoms with van der Waals surface area (Å²) in [5.41, 5.74) is 4.95. The number of anilines is 1. The van der Waals surface area contributed by atoms with Gasteiger partial charge in [0.1, 0.15) is 18.3 Å². The summed E-state index contributed by atoms with van der Waals surface area (Å²) in [5.74, 6) is 0.185. The van der Waals surface area contributed by atoms with Gasteiger partial charge in [0.2, 0.25) is 7.37 Å². The molecule has 1 aromatic heterocycles. The highest BCUT2D eigenvalue weighted by atomic mass is 31.2. The van der Waals surface area contributed by atoms with E-state index in [-0.39, 0.29) is 24.9 Å². The van der Waals surface area contributed by atoms with Crippen LogP contribution in [0.25, 0.3) is 0 Å². The van der Waals surface area contributed by atoms with Gasteiger partial charge in [0, 0.05) is 12.9 Å². The third-order valence-corrected chi connectivity index (χ3v) is 3.69. The number of hydrogen-bond donors (Lipinski definition) is 1. The zero-order valence-electron chi connectivity index (χ0n) is 9.41. The standard InChI is InChI=1S/C9H14N3O4P/c1-17(14)6-15-7(5-16-17)4-12-3-2-8(10)11-9(12)13/h2-3,7H,4-6H2,1H3,(H2,10,11,13)/t7-,17?/m0/s1. The van der Waals surface area contributed by atoms with Gasteiger partial charge in [0.15, 0.2) is 0 Å². The lowest BCUT2D eigenvalue weighted by Crippen LogP contribution is -2.34. The summed E-state index contributed by atoms with van der Waals surface area (Å²) in [6.07, 6.45) is 1.34. The molecule has 8 heteroatoms. The highest BCUT2D eigenvalue weighted by molar-refractivity contribution is 7.58. The summed E-state index contributed by atoms with van der Waals surface area (Å²) in [6.45, 7) is 2.05. The van der Waals surface area contributed by atoms with Crippen molar-refractivity contribution in [2.24, 2.45) is 0 Å². The van der Waals surface area contributed by atoms with Gasteiger partial charge in [-0.15, -0.1) is 0 Å². The lowest BCUT2D eigenvalue weighted by Gasteiger charge is -2.27. The van der Waals surface area contributed by atoms with Gasteiger partial charge in [0.05, 0.1) is 13.2 Å². The Hall–Kier alpha value is -1.17. The third kappa shape index (κ3) is 3.15. The highest BCUT2D eigenvalue weighted by Gasteiger charge is 2.27. The van der Waals surface area contributed by atoms with Crippen LogP contribution in [-0.4, -0.2) is 35.3 Å². The summed E-state index contributed by atoms with van der Waals surface area (Å²) in [4.78, 5) is 15.1. The van der Waals surface area contributed by atoms with Gasteiger partial charge in [-0.2, -0.15) is 4.98 Å². The van der Waals surface area contributed by atoms with Gasteiger partial charge in [0.25, 0.3) is 0 Å². The molecule has 1 unspecified atom stereocenters. The van der Waals surface area contributed by atoms with Crippen LogP contribution in [0.5, 0.6) is 0 Å². The predicted molar refractivity (Wildman–Crippen MR) is 62.1 cm³/mol. The summed E-state index contributed by atoms with van der Waals surface area (Å²) < 4.78 is 23.4. The number of aromatic nitrogens is 2. The van der Waals surface area contributed by atoms with Crippen molar-refractivity contribution < 1.29 is 13.8 Å². The van der Waals surface area contributed by atoms with E-state index >= 15 is 0 Å². The zero-order chi connectivity index (χ0) is 12.5. The average Bonchev–Trinajstić information content (AvgIpc) is 2.25. The van der Waals surface area contributed by atoms with Crippen molar-refractivity contribution in [1.29, 1.82) is 0 Å². The van der Waals surface area contributed by atoms with Gasteiger partial charge < -0.3 is 15.0 Å². The second kappa shape index (κ2) is 4.60. The molecule has 2 atom stereocenters.